The topological polar surface area (TPSA) is 56.7 Å². The van der Waals surface area contributed by atoms with Crippen LogP contribution in [0.1, 0.15) is 40.2 Å². The number of aromatic nitrogens is 4. The molecule has 56 heavy (non-hydrogen) atoms. The first-order valence-corrected chi connectivity index (χ1v) is 21.5. The maximum atomic E-state index is 8.23. The normalized spacial score (nSPS) is 14.5. The number of para-hydroxylation sites is 3. The molecule has 0 amide bonds. The molecule has 0 atom stereocenters. The van der Waals surface area contributed by atoms with E-state index in [-0.39, 0.29) is 53.6 Å². The van der Waals surface area contributed by atoms with Gasteiger partial charge in [0.15, 0.2) is 0 Å². The van der Waals surface area contributed by atoms with E-state index in [1.165, 1.54) is 11.4 Å². The summed E-state index contributed by atoms with van der Waals surface area (Å²) in [7, 11) is -1.23. The summed E-state index contributed by atoms with van der Waals surface area (Å²) < 4.78 is 81.5. The van der Waals surface area contributed by atoms with Gasteiger partial charge in [0.2, 0.25) is 5.71 Å². The van der Waals surface area contributed by atoms with E-state index in [4.69, 9.17) is 21.7 Å². The summed E-state index contributed by atoms with van der Waals surface area (Å²) in [5, 5.41) is 2.55. The summed E-state index contributed by atoms with van der Waals surface area (Å²) in [5.41, 5.74) is 7.10. The zero-order valence-electron chi connectivity index (χ0n) is 40.6. The standard InChI is InChI=1S/C35H28N3O.C14H16NSi.Ir/c1-20-16-23(4)31(24(5)17-20)25-18-28-26-12-9-13-27(33(26)39-35(28)36-19-25)34-37-29-14-6-7-15-30(29)38(34)32-21(2)10-8-11-22(32)3;1-16(2,3)13-9-10-14(15-11-13)12-7-5-4-6-8-12;/h6-12,14-19H,1-5H3;4-7,9-11H,1-3H3;/q2*-1;/i1D3,4D3,5D3;;. The van der Waals surface area contributed by atoms with Crippen LogP contribution < -0.4 is 5.19 Å². The molecule has 0 bridgehead atoms. The Morgan fingerprint density at radius 2 is 1.48 bits per heavy atom. The molecule has 9 aromatic rings. The number of benzene rings is 5. The molecule has 5 nitrogen and oxygen atoms in total. The molecule has 281 valence electrons. The Kier molecular flexibility index (Phi) is 8.03. The Hall–Kier alpha value is -5.46. The van der Waals surface area contributed by atoms with Gasteiger partial charge in [0.05, 0.1) is 30.5 Å². The summed E-state index contributed by atoms with van der Waals surface area (Å²) >= 11 is 0. The second-order valence-corrected chi connectivity index (χ2v) is 19.8. The van der Waals surface area contributed by atoms with E-state index in [2.05, 4.69) is 58.4 Å². The molecule has 0 fully saturated rings. The first kappa shape index (κ1) is 28.9. The Labute approximate surface area is 356 Å². The van der Waals surface area contributed by atoms with Crippen LogP contribution in [-0.4, -0.2) is 27.6 Å². The van der Waals surface area contributed by atoms with Crippen molar-refractivity contribution in [2.45, 2.75) is 54.0 Å². The minimum Gasteiger partial charge on any atom is -0.486 e. The predicted molar refractivity (Wildman–Crippen MR) is 231 cm³/mol. The van der Waals surface area contributed by atoms with Gasteiger partial charge in [-0.15, -0.1) is 54.1 Å². The van der Waals surface area contributed by atoms with E-state index < -0.39 is 28.6 Å². The zero-order chi connectivity index (χ0) is 45.9. The van der Waals surface area contributed by atoms with Crippen LogP contribution in [0.15, 0.2) is 126 Å². The average molecular weight is 934 g/mol. The Bertz CT molecular complexity index is 3130. The zero-order valence-corrected chi connectivity index (χ0v) is 35.0. The summed E-state index contributed by atoms with van der Waals surface area (Å²) in [6.45, 7) is 2.72. The molecular formula is C49H44IrN4OSi-2. The molecule has 0 N–H and O–H groups in total. The van der Waals surface area contributed by atoms with Crippen LogP contribution in [0, 0.1) is 46.5 Å². The van der Waals surface area contributed by atoms with E-state index >= 15 is 0 Å². The number of fused-ring (bicyclic) bond motifs is 4. The van der Waals surface area contributed by atoms with Gasteiger partial charge in [0, 0.05) is 61.5 Å². The molecule has 4 aromatic heterocycles. The number of hydrogen-bond donors (Lipinski definition) is 0. The smallest absolute Gasteiger partial charge is 0.216 e. The first-order chi connectivity index (χ1) is 30.1. The largest absolute Gasteiger partial charge is 0.486 e. The second kappa shape index (κ2) is 15.6. The Morgan fingerprint density at radius 3 is 2.16 bits per heavy atom. The van der Waals surface area contributed by atoms with Gasteiger partial charge in [-0.1, -0.05) is 90.8 Å². The van der Waals surface area contributed by atoms with E-state index in [9.17, 15) is 0 Å². The van der Waals surface area contributed by atoms with Crippen molar-refractivity contribution in [3.8, 4) is 39.5 Å². The van der Waals surface area contributed by atoms with Crippen molar-refractivity contribution in [2.75, 3.05) is 0 Å². The number of nitrogens with zero attached hydrogens (tertiary/aromatic N) is 4. The van der Waals surface area contributed by atoms with Gasteiger partial charge in [-0.25, -0.2) is 4.98 Å². The molecule has 5 aromatic carbocycles. The Morgan fingerprint density at radius 1 is 0.714 bits per heavy atom. The van der Waals surface area contributed by atoms with Gasteiger partial charge >= 0.3 is 0 Å². The quantitative estimate of drug-likeness (QED) is 0.127. The first-order valence-electron chi connectivity index (χ1n) is 22.5. The molecule has 0 spiro atoms. The van der Waals surface area contributed by atoms with Crippen LogP contribution in [-0.2, 0) is 20.1 Å². The summed E-state index contributed by atoms with van der Waals surface area (Å²) in [6, 6.07) is 40.0. The van der Waals surface area contributed by atoms with Crippen molar-refractivity contribution in [3.05, 3.63) is 162 Å². The van der Waals surface area contributed by atoms with Gasteiger partial charge in [-0.3, -0.25) is 4.98 Å². The van der Waals surface area contributed by atoms with E-state index in [1.807, 2.05) is 86.8 Å². The van der Waals surface area contributed by atoms with Crippen molar-refractivity contribution < 1.29 is 36.9 Å². The fourth-order valence-corrected chi connectivity index (χ4v) is 8.04. The van der Waals surface area contributed by atoms with Crippen molar-refractivity contribution >= 4 is 46.4 Å². The molecule has 9 rings (SSSR count). The molecule has 0 aliphatic rings. The third-order valence-corrected chi connectivity index (χ3v) is 11.8. The molecule has 0 saturated carbocycles. The summed E-state index contributed by atoms with van der Waals surface area (Å²) in [6.07, 6.45) is 3.37. The molecule has 0 saturated heterocycles. The van der Waals surface area contributed by atoms with Gasteiger partial charge in [-0.2, -0.15) is 0 Å². The molecule has 1 radical (unpaired) electrons. The van der Waals surface area contributed by atoms with Crippen LogP contribution in [0.25, 0.3) is 72.6 Å². The van der Waals surface area contributed by atoms with Crippen LogP contribution >= 0.6 is 0 Å². The SMILES string of the molecule is C[Si](C)(C)c1ccc(-c2[c-]cccc2)nc1.[2H]C([2H])([2H])c1cc(C([2H])([2H])[2H])c(-c2cnc3oc4c(-c5nc6ccccc6n5-c5c(C)cccc5C)[c-]ccc4c3c2)c(C([2H])([2H])[2H])c1.[Ir]. The summed E-state index contributed by atoms with van der Waals surface area (Å²) in [4.78, 5) is 14.0. The van der Waals surface area contributed by atoms with E-state index in [0.717, 1.165) is 51.2 Å². The third kappa shape index (κ3) is 7.30. The van der Waals surface area contributed by atoms with Crippen molar-refractivity contribution in [2.24, 2.45) is 0 Å². The van der Waals surface area contributed by atoms with Crippen LogP contribution in [0.3, 0.4) is 0 Å². The second-order valence-electron chi connectivity index (χ2n) is 14.7. The Balaban J connectivity index is 0.000000313. The number of pyridine rings is 2. The van der Waals surface area contributed by atoms with E-state index in [0.29, 0.717) is 27.7 Å². The summed E-state index contributed by atoms with van der Waals surface area (Å²) in [5.74, 6) is 0.605. The van der Waals surface area contributed by atoms with Gasteiger partial charge in [0.1, 0.15) is 0 Å². The fraction of sp³-hybridized carbons (Fsp3) is 0.163. The number of hydrogen-bond acceptors (Lipinski definition) is 4. The maximum Gasteiger partial charge on any atom is 0.216 e. The van der Waals surface area contributed by atoms with Crippen LogP contribution in [0.5, 0.6) is 0 Å². The van der Waals surface area contributed by atoms with Crippen LogP contribution in [0.4, 0.5) is 0 Å². The number of furan rings is 1. The molecule has 0 unspecified atom stereocenters. The molecule has 0 aliphatic carbocycles. The molecule has 0 aliphatic heterocycles. The van der Waals surface area contributed by atoms with Crippen molar-refractivity contribution in [1.82, 2.24) is 19.5 Å². The minimum absolute atomic E-state index is 0. The number of imidazole rings is 1. The van der Waals surface area contributed by atoms with Gasteiger partial charge in [0.25, 0.3) is 0 Å². The minimum atomic E-state index is -2.82. The predicted octanol–water partition coefficient (Wildman–Crippen LogP) is 12.1. The van der Waals surface area contributed by atoms with E-state index in [1.54, 1.807) is 18.2 Å². The van der Waals surface area contributed by atoms with Crippen LogP contribution in [0.2, 0.25) is 19.6 Å². The third-order valence-electron chi connectivity index (χ3n) is 9.78. The van der Waals surface area contributed by atoms with Gasteiger partial charge in [-0.05, 0) is 91.3 Å². The van der Waals surface area contributed by atoms with Gasteiger partial charge < -0.3 is 14.0 Å². The molecular weight excluding hydrogens is 881 g/mol. The molecule has 4 heterocycles. The van der Waals surface area contributed by atoms with Crippen molar-refractivity contribution in [3.63, 3.8) is 0 Å². The number of rotatable bonds is 5. The van der Waals surface area contributed by atoms with Crippen molar-refractivity contribution in [1.29, 1.82) is 0 Å². The number of aryl methyl sites for hydroxylation is 5. The maximum absolute atomic E-state index is 8.23. The monoisotopic (exact) mass is 934 g/mol. The molecule has 7 heteroatoms. The fourth-order valence-electron chi connectivity index (χ4n) is 7.01. The average Bonchev–Trinajstić information content (AvgIpc) is 3.81.